The number of rotatable bonds is 0. The minimum Gasteiger partial charge on any atom is -0.462 e. The molecule has 5 nitrogen and oxygen atoms in total. The molecule has 1 fully saturated rings. The smallest absolute Gasteiger partial charge is 0.321 e. The molecule has 1 saturated heterocycles. The fraction of sp³-hybridized carbons (Fsp3) is 0.833. The van der Waals surface area contributed by atoms with Gasteiger partial charge < -0.3 is 20.1 Å². The summed E-state index contributed by atoms with van der Waals surface area (Å²) in [4.78, 5) is 10.8. The van der Waals surface area contributed by atoms with Gasteiger partial charge in [0, 0.05) is 0 Å². The van der Waals surface area contributed by atoms with Crippen LogP contribution in [-0.4, -0.2) is 51.5 Å². The van der Waals surface area contributed by atoms with Crippen LogP contribution in [0.3, 0.4) is 0 Å². The van der Waals surface area contributed by atoms with E-state index in [9.17, 15) is 9.90 Å². The Bertz CT molecular complexity index is 185. The predicted octanol–water partition coefficient (Wildman–Crippen LogP) is -2.08. The molecule has 0 radical (unpaired) electrons. The van der Waals surface area contributed by atoms with Crippen molar-refractivity contribution in [1.82, 2.24) is 0 Å². The second-order valence-electron chi connectivity index (χ2n) is 2.62. The summed E-state index contributed by atoms with van der Waals surface area (Å²) in [5.41, 5.74) is 0. The lowest BCUT2D eigenvalue weighted by atomic mass is 10.1. The molecule has 0 bridgehead atoms. The van der Waals surface area contributed by atoms with Crippen LogP contribution in [0, 0.1) is 0 Å². The highest BCUT2D eigenvalue weighted by Crippen LogP contribution is 2.15. The number of thiol groups is 1. The summed E-state index contributed by atoms with van der Waals surface area (Å²) in [7, 11) is 0. The van der Waals surface area contributed by atoms with E-state index in [2.05, 4.69) is 17.4 Å². The van der Waals surface area contributed by atoms with Crippen LogP contribution in [0.15, 0.2) is 0 Å². The largest absolute Gasteiger partial charge is 0.462 e. The SMILES string of the molecule is O=C1OC[C@@H](O)[C@@H](O)[C@H](O)[C@H]1S. The van der Waals surface area contributed by atoms with Gasteiger partial charge in [0.2, 0.25) is 0 Å². The van der Waals surface area contributed by atoms with Gasteiger partial charge >= 0.3 is 5.97 Å². The van der Waals surface area contributed by atoms with Gasteiger partial charge in [-0.1, -0.05) is 0 Å². The van der Waals surface area contributed by atoms with Crippen molar-refractivity contribution in [3.8, 4) is 0 Å². The second kappa shape index (κ2) is 3.61. The molecule has 0 unspecified atom stereocenters. The molecule has 1 rings (SSSR count). The molecule has 1 heterocycles. The fourth-order valence-electron chi connectivity index (χ4n) is 0.905. The number of carbonyl (C=O) groups is 1. The van der Waals surface area contributed by atoms with Gasteiger partial charge in [-0.15, -0.1) is 0 Å². The molecule has 1 aliphatic heterocycles. The molecule has 0 aromatic rings. The summed E-state index contributed by atoms with van der Waals surface area (Å²) >= 11 is 3.72. The van der Waals surface area contributed by atoms with Crippen LogP contribution in [-0.2, 0) is 9.53 Å². The summed E-state index contributed by atoms with van der Waals surface area (Å²) in [6, 6.07) is 0. The Hall–Kier alpha value is -0.300. The number of cyclic esters (lactones) is 1. The zero-order chi connectivity index (χ0) is 9.30. The van der Waals surface area contributed by atoms with Crippen molar-refractivity contribution in [2.45, 2.75) is 23.6 Å². The van der Waals surface area contributed by atoms with E-state index in [0.29, 0.717) is 0 Å². The van der Waals surface area contributed by atoms with Crippen molar-refractivity contribution in [3.05, 3.63) is 0 Å². The molecule has 0 aromatic carbocycles. The third-order valence-corrected chi connectivity index (χ3v) is 2.22. The molecular weight excluding hydrogens is 184 g/mol. The molecule has 12 heavy (non-hydrogen) atoms. The maximum Gasteiger partial charge on any atom is 0.321 e. The molecular formula is C6H10O5S. The Morgan fingerprint density at radius 1 is 1.33 bits per heavy atom. The highest BCUT2D eigenvalue weighted by atomic mass is 32.1. The maximum atomic E-state index is 10.8. The topological polar surface area (TPSA) is 87.0 Å². The average molecular weight is 194 g/mol. The molecule has 0 spiro atoms. The summed E-state index contributed by atoms with van der Waals surface area (Å²) < 4.78 is 4.48. The summed E-state index contributed by atoms with van der Waals surface area (Å²) in [5.74, 6) is -0.735. The normalized spacial score (nSPS) is 43.5. The standard InChI is InChI=1S/C6H10O5S/c7-2-1-11-6(10)5(12)4(9)3(2)8/h2-5,7-9,12H,1H2/t2-,3-,4+,5-/m1/s1. The van der Waals surface area contributed by atoms with Crippen LogP contribution >= 0.6 is 12.6 Å². The van der Waals surface area contributed by atoms with Gasteiger partial charge in [-0.2, -0.15) is 12.6 Å². The van der Waals surface area contributed by atoms with Gasteiger partial charge in [0.1, 0.15) is 30.2 Å². The Morgan fingerprint density at radius 2 is 1.92 bits per heavy atom. The number of esters is 1. The zero-order valence-corrected chi connectivity index (χ0v) is 7.02. The first-order valence-corrected chi connectivity index (χ1v) is 3.94. The van der Waals surface area contributed by atoms with Crippen molar-refractivity contribution < 1.29 is 24.9 Å². The van der Waals surface area contributed by atoms with Crippen LogP contribution in [0.1, 0.15) is 0 Å². The third-order valence-electron chi connectivity index (χ3n) is 1.71. The van der Waals surface area contributed by atoms with E-state index in [1.807, 2.05) is 0 Å². The summed E-state index contributed by atoms with van der Waals surface area (Å²) in [5, 5.41) is 26.3. The quantitative estimate of drug-likeness (QED) is 0.263. The number of ether oxygens (including phenoxy) is 1. The number of aliphatic hydroxyl groups excluding tert-OH is 3. The summed E-state index contributed by atoms with van der Waals surface area (Å²) in [6.07, 6.45) is -4.03. The van der Waals surface area contributed by atoms with Gasteiger partial charge in [0.15, 0.2) is 0 Å². The molecule has 4 atom stereocenters. The van der Waals surface area contributed by atoms with E-state index in [-0.39, 0.29) is 6.61 Å². The number of hydrogen-bond donors (Lipinski definition) is 4. The highest BCUT2D eigenvalue weighted by Gasteiger charge is 2.38. The molecule has 3 N–H and O–H groups in total. The lowest BCUT2D eigenvalue weighted by Crippen LogP contribution is -2.42. The van der Waals surface area contributed by atoms with E-state index in [0.717, 1.165) is 0 Å². The van der Waals surface area contributed by atoms with E-state index in [1.54, 1.807) is 0 Å². The second-order valence-corrected chi connectivity index (χ2v) is 3.18. The van der Waals surface area contributed by atoms with E-state index >= 15 is 0 Å². The number of aliphatic hydroxyl groups is 3. The lowest BCUT2D eigenvalue weighted by Gasteiger charge is -2.19. The molecule has 0 amide bonds. The fourth-order valence-corrected chi connectivity index (χ4v) is 1.16. The van der Waals surface area contributed by atoms with Crippen LogP contribution in [0.2, 0.25) is 0 Å². The van der Waals surface area contributed by atoms with Gasteiger partial charge in [-0.25, -0.2) is 0 Å². The predicted molar refractivity (Wildman–Crippen MR) is 41.8 cm³/mol. The van der Waals surface area contributed by atoms with Crippen molar-refractivity contribution in [3.63, 3.8) is 0 Å². The highest BCUT2D eigenvalue weighted by molar-refractivity contribution is 7.81. The molecule has 70 valence electrons. The number of carbonyl (C=O) groups excluding carboxylic acids is 1. The van der Waals surface area contributed by atoms with Crippen LogP contribution in [0.5, 0.6) is 0 Å². The van der Waals surface area contributed by atoms with E-state index < -0.39 is 29.5 Å². The van der Waals surface area contributed by atoms with Gasteiger partial charge in [0.25, 0.3) is 0 Å². The zero-order valence-electron chi connectivity index (χ0n) is 6.12. The monoisotopic (exact) mass is 194 g/mol. The number of hydrogen-bond acceptors (Lipinski definition) is 6. The Labute approximate surface area is 74.4 Å². The molecule has 0 saturated carbocycles. The minimum atomic E-state index is -1.39. The van der Waals surface area contributed by atoms with Gasteiger partial charge in [-0.3, -0.25) is 4.79 Å². The molecule has 1 aliphatic rings. The van der Waals surface area contributed by atoms with Crippen LogP contribution < -0.4 is 0 Å². The first kappa shape index (κ1) is 9.79. The Balaban J connectivity index is 2.75. The maximum absolute atomic E-state index is 10.8. The molecule has 0 aromatic heterocycles. The van der Waals surface area contributed by atoms with E-state index in [1.165, 1.54) is 0 Å². The van der Waals surface area contributed by atoms with Crippen LogP contribution in [0.4, 0.5) is 0 Å². The molecule has 0 aliphatic carbocycles. The Morgan fingerprint density at radius 3 is 2.50 bits per heavy atom. The average Bonchev–Trinajstić information content (AvgIpc) is 2.14. The van der Waals surface area contributed by atoms with Gasteiger partial charge in [-0.05, 0) is 0 Å². The lowest BCUT2D eigenvalue weighted by molar-refractivity contribution is -0.144. The van der Waals surface area contributed by atoms with Crippen molar-refractivity contribution >= 4 is 18.6 Å². The first-order valence-electron chi connectivity index (χ1n) is 3.43. The van der Waals surface area contributed by atoms with Crippen molar-refractivity contribution in [2.75, 3.05) is 6.61 Å². The first-order chi connectivity index (χ1) is 5.54. The van der Waals surface area contributed by atoms with Gasteiger partial charge in [0.05, 0.1) is 0 Å². The van der Waals surface area contributed by atoms with E-state index in [4.69, 9.17) is 10.2 Å². The third kappa shape index (κ3) is 1.71. The minimum absolute atomic E-state index is 0.311. The van der Waals surface area contributed by atoms with Crippen molar-refractivity contribution in [1.29, 1.82) is 0 Å². The summed E-state index contributed by atoms with van der Waals surface area (Å²) in [6.45, 7) is -0.311. The molecule has 6 heteroatoms. The van der Waals surface area contributed by atoms with Crippen LogP contribution in [0.25, 0.3) is 0 Å². The Kier molecular flexibility index (Phi) is 2.94. The van der Waals surface area contributed by atoms with Crippen molar-refractivity contribution in [2.24, 2.45) is 0 Å².